The van der Waals surface area contributed by atoms with Gasteiger partial charge in [0.1, 0.15) is 35.9 Å². The third-order valence-corrected chi connectivity index (χ3v) is 7.02. The molecule has 0 fully saturated rings. The Morgan fingerprint density at radius 3 is 1.32 bits per heavy atom. The fraction of sp³-hybridized carbons (Fsp3) is 0. The van der Waals surface area contributed by atoms with Crippen LogP contribution >= 0.6 is 0 Å². The van der Waals surface area contributed by atoms with Crippen LogP contribution in [-0.2, 0) is 20.0 Å². The molecule has 11 nitrogen and oxygen atoms in total. The summed E-state index contributed by atoms with van der Waals surface area (Å²) in [6.45, 7) is 0. The van der Waals surface area contributed by atoms with E-state index in [4.69, 9.17) is 21.0 Å². The summed E-state index contributed by atoms with van der Waals surface area (Å²) in [5.74, 6) is -0.443. The number of pyridine rings is 1. The normalized spacial score (nSPS) is 10.7. The molecule has 0 aliphatic heterocycles. The van der Waals surface area contributed by atoms with Gasteiger partial charge >= 0.3 is 0 Å². The first kappa shape index (κ1) is 23.7. The van der Waals surface area contributed by atoms with Crippen molar-refractivity contribution in [3.05, 3.63) is 76.9 Å². The molecule has 1 aromatic heterocycles. The predicted molar refractivity (Wildman–Crippen MR) is 118 cm³/mol. The lowest BCUT2D eigenvalue weighted by Crippen LogP contribution is -2.17. The zero-order valence-corrected chi connectivity index (χ0v) is 18.5. The number of nitrogens with one attached hydrogen (secondary N) is 2. The van der Waals surface area contributed by atoms with Crippen molar-refractivity contribution in [3.63, 3.8) is 0 Å². The van der Waals surface area contributed by atoms with E-state index >= 15 is 0 Å². The second kappa shape index (κ2) is 9.27. The maximum atomic E-state index is 12.7. The van der Waals surface area contributed by atoms with Crippen molar-refractivity contribution in [3.8, 4) is 24.3 Å². The molecule has 0 aliphatic carbocycles. The summed E-state index contributed by atoms with van der Waals surface area (Å²) in [6.07, 6.45) is 0. The molecule has 1 heterocycles. The summed E-state index contributed by atoms with van der Waals surface area (Å²) >= 11 is 0. The van der Waals surface area contributed by atoms with E-state index in [1.807, 2.05) is 0 Å². The predicted octanol–water partition coefficient (Wildman–Crippen LogP) is 2.17. The highest BCUT2D eigenvalue weighted by atomic mass is 32.2. The van der Waals surface area contributed by atoms with Crippen LogP contribution in [0.5, 0.6) is 0 Å². The summed E-state index contributed by atoms with van der Waals surface area (Å²) in [7, 11) is -8.43. The lowest BCUT2D eigenvalue weighted by Gasteiger charge is -2.11. The minimum atomic E-state index is -4.22. The number of nitriles is 4. The number of hydrogen-bond acceptors (Lipinski definition) is 9. The van der Waals surface area contributed by atoms with Gasteiger partial charge in [0.05, 0.1) is 32.0 Å². The van der Waals surface area contributed by atoms with Gasteiger partial charge in [-0.2, -0.15) is 21.0 Å². The molecule has 2 N–H and O–H groups in total. The summed E-state index contributed by atoms with van der Waals surface area (Å²) in [5.41, 5.74) is -0.227. The summed E-state index contributed by atoms with van der Waals surface area (Å²) < 4.78 is 55.1. The van der Waals surface area contributed by atoms with E-state index in [0.29, 0.717) is 0 Å². The first-order valence-corrected chi connectivity index (χ1v) is 12.0. The van der Waals surface area contributed by atoms with Gasteiger partial charge in [0.15, 0.2) is 0 Å². The van der Waals surface area contributed by atoms with E-state index in [1.54, 1.807) is 24.3 Å². The highest BCUT2D eigenvalue weighted by molar-refractivity contribution is 7.93. The second-order valence-electron chi connectivity index (χ2n) is 6.48. The van der Waals surface area contributed by atoms with Crippen molar-refractivity contribution >= 4 is 31.7 Å². The van der Waals surface area contributed by atoms with Crippen LogP contribution < -0.4 is 9.44 Å². The minimum Gasteiger partial charge on any atom is -0.263 e. The zero-order valence-electron chi connectivity index (χ0n) is 16.9. The lowest BCUT2D eigenvalue weighted by atomic mass is 10.1. The second-order valence-corrected chi connectivity index (χ2v) is 9.85. The largest absolute Gasteiger partial charge is 0.263 e. The van der Waals surface area contributed by atoms with Crippen LogP contribution in [0.25, 0.3) is 0 Å². The highest BCUT2D eigenvalue weighted by Gasteiger charge is 2.20. The van der Waals surface area contributed by atoms with Crippen molar-refractivity contribution in [2.75, 3.05) is 9.44 Å². The molecule has 0 amide bonds. The van der Waals surface area contributed by atoms with E-state index in [2.05, 4.69) is 14.4 Å². The average Bonchev–Trinajstić information content (AvgIpc) is 2.82. The molecular weight excluding hydrogens is 478 g/mol. The number of rotatable bonds is 6. The number of aromatic nitrogens is 1. The van der Waals surface area contributed by atoms with Crippen LogP contribution in [0.4, 0.5) is 11.6 Å². The molecule has 0 aliphatic rings. The third kappa shape index (κ3) is 4.93. The Morgan fingerprint density at radius 1 is 0.588 bits per heavy atom. The summed E-state index contributed by atoms with van der Waals surface area (Å²) in [4.78, 5) is 3.34. The molecule has 34 heavy (non-hydrogen) atoms. The SMILES string of the molecule is N#Cc1ccc(S(=O)(=O)Nc2cccc(NS(=O)(=O)c3ccc(C#N)c(C#N)c3)n2)cc1C#N. The van der Waals surface area contributed by atoms with Crippen LogP contribution in [0, 0.1) is 45.3 Å². The van der Waals surface area contributed by atoms with Crippen LogP contribution in [0.3, 0.4) is 0 Å². The molecule has 0 unspecified atom stereocenters. The monoisotopic (exact) mass is 489 g/mol. The van der Waals surface area contributed by atoms with Gasteiger partial charge in [-0.15, -0.1) is 0 Å². The molecule has 0 saturated carbocycles. The van der Waals surface area contributed by atoms with Gasteiger partial charge in [0.2, 0.25) is 0 Å². The maximum absolute atomic E-state index is 12.7. The Balaban J connectivity index is 1.88. The molecule has 0 bridgehead atoms. The Morgan fingerprint density at radius 2 is 0.971 bits per heavy atom. The fourth-order valence-electron chi connectivity index (χ4n) is 2.70. The molecule has 3 aromatic rings. The lowest BCUT2D eigenvalue weighted by molar-refractivity contribution is 0.599. The molecule has 3 rings (SSSR count). The Bertz CT molecular complexity index is 1570. The van der Waals surface area contributed by atoms with Gasteiger partial charge in [-0.1, -0.05) is 6.07 Å². The van der Waals surface area contributed by atoms with E-state index in [9.17, 15) is 16.8 Å². The molecule has 13 heteroatoms. The Hall–Kier alpha value is -4.95. The van der Waals surface area contributed by atoms with Gasteiger partial charge < -0.3 is 0 Å². The van der Waals surface area contributed by atoms with Crippen LogP contribution in [0.2, 0.25) is 0 Å². The quantitative estimate of drug-likeness (QED) is 0.520. The van der Waals surface area contributed by atoms with Gasteiger partial charge in [-0.05, 0) is 48.5 Å². The Kier molecular flexibility index (Phi) is 6.46. The molecule has 166 valence electrons. The number of sulfonamides is 2. The number of benzene rings is 2. The standard InChI is InChI=1S/C21H11N7O4S2/c22-10-14-4-6-18(8-16(14)12-24)33(29,30)27-20-2-1-3-21(26-20)28-34(31,32)19-7-5-15(11-23)17(9-19)13-25/h1-9H,(H2,26,27,28). The van der Waals surface area contributed by atoms with Crippen molar-refractivity contribution in [1.29, 1.82) is 21.0 Å². The molecule has 0 radical (unpaired) electrons. The van der Waals surface area contributed by atoms with E-state index < -0.39 is 20.0 Å². The van der Waals surface area contributed by atoms with Gasteiger partial charge in [-0.25, -0.2) is 21.8 Å². The number of anilines is 2. The summed E-state index contributed by atoms with van der Waals surface area (Å²) in [5, 5.41) is 36.2. The molecule has 0 spiro atoms. The van der Waals surface area contributed by atoms with Crippen molar-refractivity contribution in [1.82, 2.24) is 4.98 Å². The van der Waals surface area contributed by atoms with Crippen LogP contribution in [0.15, 0.2) is 64.4 Å². The third-order valence-electron chi connectivity index (χ3n) is 4.31. The van der Waals surface area contributed by atoms with E-state index in [1.165, 1.54) is 30.3 Å². The van der Waals surface area contributed by atoms with Crippen LogP contribution in [0.1, 0.15) is 22.3 Å². The highest BCUT2D eigenvalue weighted by Crippen LogP contribution is 2.21. The number of hydrogen-bond donors (Lipinski definition) is 2. The van der Waals surface area contributed by atoms with Crippen molar-refractivity contribution in [2.24, 2.45) is 0 Å². The first-order valence-electron chi connectivity index (χ1n) is 9.04. The Labute approximate surface area is 194 Å². The average molecular weight is 489 g/mol. The number of nitrogens with zero attached hydrogens (tertiary/aromatic N) is 5. The van der Waals surface area contributed by atoms with Gasteiger partial charge in [0.25, 0.3) is 20.0 Å². The van der Waals surface area contributed by atoms with Crippen LogP contribution in [-0.4, -0.2) is 21.8 Å². The van der Waals surface area contributed by atoms with Crippen molar-refractivity contribution in [2.45, 2.75) is 9.79 Å². The van der Waals surface area contributed by atoms with Gasteiger partial charge in [0, 0.05) is 0 Å². The molecule has 0 atom stereocenters. The minimum absolute atomic E-state index is 0.0123. The topological polar surface area (TPSA) is 200 Å². The van der Waals surface area contributed by atoms with Crippen molar-refractivity contribution < 1.29 is 16.8 Å². The van der Waals surface area contributed by atoms with E-state index in [-0.39, 0.29) is 43.7 Å². The molecule has 2 aromatic carbocycles. The molecule has 0 saturated heterocycles. The maximum Gasteiger partial charge on any atom is 0.263 e. The summed E-state index contributed by atoms with van der Waals surface area (Å²) in [6, 6.07) is 17.7. The van der Waals surface area contributed by atoms with E-state index in [0.717, 1.165) is 24.3 Å². The zero-order chi connectivity index (χ0) is 24.9. The smallest absolute Gasteiger partial charge is 0.263 e. The first-order chi connectivity index (χ1) is 16.1. The molecular formula is C21H11N7O4S2. The van der Waals surface area contributed by atoms with Gasteiger partial charge in [-0.3, -0.25) is 9.44 Å². The fourth-order valence-corrected chi connectivity index (χ4v) is 4.76.